The van der Waals surface area contributed by atoms with Gasteiger partial charge in [-0.2, -0.15) is 4.37 Å². The van der Waals surface area contributed by atoms with Crippen molar-refractivity contribution in [2.75, 3.05) is 6.26 Å². The fraction of sp³-hybridized carbons (Fsp3) is 0.200. The molecular formula is C10H9NOS2. The Kier molecular flexibility index (Phi) is 2.56. The summed E-state index contributed by atoms with van der Waals surface area (Å²) in [5, 5.41) is 1.05. The highest BCUT2D eigenvalue weighted by Gasteiger charge is 2.09. The van der Waals surface area contributed by atoms with Crippen LogP contribution >= 0.6 is 23.3 Å². The number of rotatable bonds is 2. The van der Waals surface area contributed by atoms with Crippen LogP contribution in [-0.4, -0.2) is 16.4 Å². The molecule has 0 saturated carbocycles. The summed E-state index contributed by atoms with van der Waals surface area (Å²) in [6.07, 6.45) is 3.78. The van der Waals surface area contributed by atoms with Crippen LogP contribution in [0, 0.1) is 0 Å². The zero-order valence-corrected chi connectivity index (χ0v) is 9.54. The Labute approximate surface area is 90.5 Å². The van der Waals surface area contributed by atoms with Crippen LogP contribution in [0.3, 0.4) is 0 Å². The minimum absolute atomic E-state index is 0.113. The number of carbonyl (C=O) groups excluding carboxylic acids is 1. The molecule has 2 rings (SSSR count). The first-order valence-corrected chi connectivity index (χ1v) is 6.15. The highest BCUT2D eigenvalue weighted by Crippen LogP contribution is 2.28. The second kappa shape index (κ2) is 3.71. The second-order valence-electron chi connectivity index (χ2n) is 2.97. The molecule has 0 unspecified atom stereocenters. The Balaban J connectivity index is 2.72. The molecular weight excluding hydrogens is 214 g/mol. The van der Waals surface area contributed by atoms with E-state index in [2.05, 4.69) is 4.37 Å². The lowest BCUT2D eigenvalue weighted by Gasteiger charge is -2.03. The van der Waals surface area contributed by atoms with E-state index in [0.29, 0.717) is 0 Å². The van der Waals surface area contributed by atoms with Gasteiger partial charge in [0.2, 0.25) is 0 Å². The van der Waals surface area contributed by atoms with Crippen LogP contribution in [0.5, 0.6) is 0 Å². The molecule has 0 aliphatic carbocycles. The third-order valence-electron chi connectivity index (χ3n) is 2.05. The van der Waals surface area contributed by atoms with Gasteiger partial charge in [0.05, 0.1) is 4.70 Å². The lowest BCUT2D eigenvalue weighted by Crippen LogP contribution is -1.94. The number of benzene rings is 1. The topological polar surface area (TPSA) is 30.0 Å². The number of thioether (sulfide) groups is 1. The molecule has 2 aromatic rings. The van der Waals surface area contributed by atoms with E-state index < -0.39 is 0 Å². The maximum atomic E-state index is 11.4. The number of nitrogens with zero attached hydrogens (tertiary/aromatic N) is 1. The Morgan fingerprint density at radius 1 is 1.50 bits per heavy atom. The minimum atomic E-state index is 0.113. The van der Waals surface area contributed by atoms with Gasteiger partial charge in [-0.05, 0) is 36.8 Å². The first kappa shape index (κ1) is 9.68. The van der Waals surface area contributed by atoms with E-state index >= 15 is 0 Å². The molecule has 0 saturated heterocycles. The summed E-state index contributed by atoms with van der Waals surface area (Å²) < 4.78 is 5.24. The zero-order valence-electron chi connectivity index (χ0n) is 7.90. The first-order valence-electron chi connectivity index (χ1n) is 4.15. The number of hydrogen-bond acceptors (Lipinski definition) is 4. The Bertz CT molecular complexity index is 490. The molecule has 0 fully saturated rings. The highest BCUT2D eigenvalue weighted by atomic mass is 32.2. The molecule has 72 valence electrons. The smallest absolute Gasteiger partial charge is 0.160 e. The van der Waals surface area contributed by atoms with Crippen molar-refractivity contribution in [2.24, 2.45) is 0 Å². The van der Waals surface area contributed by atoms with E-state index in [1.54, 1.807) is 24.9 Å². The third-order valence-corrected chi connectivity index (χ3v) is 3.59. The molecule has 1 aromatic heterocycles. The lowest BCUT2D eigenvalue weighted by atomic mass is 10.1. The minimum Gasteiger partial charge on any atom is -0.294 e. The summed E-state index contributed by atoms with van der Waals surface area (Å²) in [5.41, 5.74) is 0.796. The van der Waals surface area contributed by atoms with Crippen LogP contribution in [0.2, 0.25) is 0 Å². The second-order valence-corrected chi connectivity index (χ2v) is 4.65. The van der Waals surface area contributed by atoms with Crippen molar-refractivity contribution >= 4 is 39.2 Å². The molecule has 0 aliphatic heterocycles. The van der Waals surface area contributed by atoms with Gasteiger partial charge in [0.1, 0.15) is 0 Å². The monoisotopic (exact) mass is 223 g/mol. The fourth-order valence-electron chi connectivity index (χ4n) is 1.34. The van der Waals surface area contributed by atoms with E-state index in [0.717, 1.165) is 20.5 Å². The van der Waals surface area contributed by atoms with Crippen molar-refractivity contribution < 1.29 is 4.79 Å². The summed E-state index contributed by atoms with van der Waals surface area (Å²) in [6, 6.07) is 3.96. The number of ketones is 1. The Hall–Kier alpha value is -0.870. The number of carbonyl (C=O) groups is 1. The summed E-state index contributed by atoms with van der Waals surface area (Å²) >= 11 is 3.06. The number of fused-ring (bicyclic) bond motifs is 1. The van der Waals surface area contributed by atoms with Crippen molar-refractivity contribution in [3.05, 3.63) is 23.9 Å². The number of hydrogen-bond donors (Lipinski definition) is 0. The molecule has 0 radical (unpaired) electrons. The molecule has 0 aliphatic rings. The molecule has 14 heavy (non-hydrogen) atoms. The Morgan fingerprint density at radius 2 is 2.29 bits per heavy atom. The van der Waals surface area contributed by atoms with E-state index in [9.17, 15) is 4.79 Å². The van der Waals surface area contributed by atoms with Crippen LogP contribution in [0.1, 0.15) is 17.3 Å². The van der Waals surface area contributed by atoms with Gasteiger partial charge in [0.25, 0.3) is 0 Å². The van der Waals surface area contributed by atoms with Gasteiger partial charge in [0, 0.05) is 22.0 Å². The predicted octanol–water partition coefficient (Wildman–Crippen LogP) is 3.22. The van der Waals surface area contributed by atoms with Crippen LogP contribution in [0.25, 0.3) is 10.1 Å². The summed E-state index contributed by atoms with van der Waals surface area (Å²) in [5.74, 6) is 0.113. The quantitative estimate of drug-likeness (QED) is 0.578. The molecule has 0 spiro atoms. The summed E-state index contributed by atoms with van der Waals surface area (Å²) in [7, 11) is 0. The molecule has 2 nitrogen and oxygen atoms in total. The normalized spacial score (nSPS) is 10.7. The molecule has 0 atom stereocenters. The van der Waals surface area contributed by atoms with Gasteiger partial charge in [-0.3, -0.25) is 4.79 Å². The highest BCUT2D eigenvalue weighted by molar-refractivity contribution is 7.98. The third kappa shape index (κ3) is 1.55. The maximum Gasteiger partial charge on any atom is 0.160 e. The van der Waals surface area contributed by atoms with Gasteiger partial charge in [-0.15, -0.1) is 11.8 Å². The average molecular weight is 223 g/mol. The fourth-order valence-corrected chi connectivity index (χ4v) is 2.74. The van der Waals surface area contributed by atoms with Crippen LogP contribution in [0.4, 0.5) is 0 Å². The van der Waals surface area contributed by atoms with E-state index in [1.165, 1.54) is 11.5 Å². The van der Waals surface area contributed by atoms with Crippen LogP contribution < -0.4 is 0 Å². The molecule has 1 aromatic carbocycles. The van der Waals surface area contributed by atoms with E-state index in [1.807, 2.05) is 18.4 Å². The SMILES string of the molecule is CSc1cc2sncc2cc1C(C)=O. The molecule has 4 heteroatoms. The molecule has 1 heterocycles. The molecule has 0 amide bonds. The lowest BCUT2D eigenvalue weighted by molar-refractivity contribution is 0.101. The van der Waals surface area contributed by atoms with Gasteiger partial charge < -0.3 is 0 Å². The maximum absolute atomic E-state index is 11.4. The summed E-state index contributed by atoms with van der Waals surface area (Å²) in [6.45, 7) is 1.60. The van der Waals surface area contributed by atoms with Crippen LogP contribution in [-0.2, 0) is 0 Å². The van der Waals surface area contributed by atoms with Crippen LogP contribution in [0.15, 0.2) is 23.2 Å². The first-order chi connectivity index (χ1) is 6.72. The van der Waals surface area contributed by atoms with Crippen molar-refractivity contribution in [3.63, 3.8) is 0 Å². The van der Waals surface area contributed by atoms with Crippen molar-refractivity contribution in [3.8, 4) is 0 Å². The van der Waals surface area contributed by atoms with Gasteiger partial charge in [-0.1, -0.05) is 0 Å². The standard InChI is InChI=1S/C10H9NOS2/c1-6(12)8-3-7-5-11-14-9(7)4-10(8)13-2/h3-5H,1-2H3. The predicted molar refractivity (Wildman–Crippen MR) is 61.4 cm³/mol. The largest absolute Gasteiger partial charge is 0.294 e. The summed E-state index contributed by atoms with van der Waals surface area (Å²) in [4.78, 5) is 12.4. The van der Waals surface area contributed by atoms with Gasteiger partial charge in [-0.25, -0.2) is 0 Å². The number of Topliss-reactive ketones (excluding diaryl/α,β-unsaturated/α-hetero) is 1. The Morgan fingerprint density at radius 3 is 2.93 bits per heavy atom. The van der Waals surface area contributed by atoms with Gasteiger partial charge >= 0.3 is 0 Å². The van der Waals surface area contributed by atoms with Crippen molar-refractivity contribution in [2.45, 2.75) is 11.8 Å². The molecule has 0 bridgehead atoms. The average Bonchev–Trinajstić information content (AvgIpc) is 2.62. The zero-order chi connectivity index (χ0) is 10.1. The number of aromatic nitrogens is 1. The molecule has 0 N–H and O–H groups in total. The van der Waals surface area contributed by atoms with Gasteiger partial charge in [0.15, 0.2) is 5.78 Å². The van der Waals surface area contributed by atoms with E-state index in [-0.39, 0.29) is 5.78 Å². The van der Waals surface area contributed by atoms with Crippen molar-refractivity contribution in [1.29, 1.82) is 0 Å². The van der Waals surface area contributed by atoms with Crippen molar-refractivity contribution in [1.82, 2.24) is 4.37 Å². The van der Waals surface area contributed by atoms with E-state index in [4.69, 9.17) is 0 Å².